The summed E-state index contributed by atoms with van der Waals surface area (Å²) in [5.74, 6) is 0.931. The number of benzene rings is 1. The van der Waals surface area contributed by atoms with Crippen LogP contribution in [-0.2, 0) is 11.4 Å². The molecule has 0 bridgehead atoms. The first-order chi connectivity index (χ1) is 15.5. The molecular formula is C23H28Cl2N5OS+. The van der Waals surface area contributed by atoms with Crippen molar-refractivity contribution >= 4 is 46.1 Å². The number of hydrogen-bond acceptors (Lipinski definition) is 6. The summed E-state index contributed by atoms with van der Waals surface area (Å²) in [7, 11) is 0. The van der Waals surface area contributed by atoms with Crippen LogP contribution in [0.1, 0.15) is 19.5 Å². The molecule has 1 aliphatic heterocycles. The van der Waals surface area contributed by atoms with E-state index in [1.54, 1.807) is 18.5 Å². The van der Waals surface area contributed by atoms with Gasteiger partial charge in [0.25, 0.3) is 4.90 Å². The van der Waals surface area contributed by atoms with Crippen LogP contribution >= 0.6 is 23.2 Å². The van der Waals surface area contributed by atoms with E-state index in [0.717, 1.165) is 54.5 Å². The van der Waals surface area contributed by atoms with E-state index >= 15 is 0 Å². The van der Waals surface area contributed by atoms with Crippen molar-refractivity contribution in [2.45, 2.75) is 25.7 Å². The zero-order valence-electron chi connectivity index (χ0n) is 18.4. The van der Waals surface area contributed by atoms with Crippen LogP contribution in [0, 0.1) is 6.92 Å². The van der Waals surface area contributed by atoms with E-state index in [1.165, 1.54) is 0 Å². The third-order valence-electron chi connectivity index (χ3n) is 4.93. The summed E-state index contributed by atoms with van der Waals surface area (Å²) >= 11 is 11.7. The highest BCUT2D eigenvalue weighted by Gasteiger charge is 2.30. The zero-order valence-corrected chi connectivity index (χ0v) is 20.7. The molecule has 32 heavy (non-hydrogen) atoms. The van der Waals surface area contributed by atoms with Gasteiger partial charge in [-0.1, -0.05) is 37.0 Å². The summed E-state index contributed by atoms with van der Waals surface area (Å²) < 4.78 is 13.8. The maximum atomic E-state index is 10.7. The number of nitrogens with one attached hydrogen (secondary N) is 2. The zero-order chi connectivity index (χ0) is 23.1. The molecule has 1 aromatic carbocycles. The number of piperazine rings is 1. The van der Waals surface area contributed by atoms with Crippen LogP contribution in [0.15, 0.2) is 53.7 Å². The molecule has 1 aliphatic rings. The topological polar surface area (TPSA) is 73.3 Å². The highest BCUT2D eigenvalue weighted by molar-refractivity contribution is 7.93. The summed E-state index contributed by atoms with van der Waals surface area (Å²) in [5, 5.41) is 4.15. The van der Waals surface area contributed by atoms with Crippen LogP contribution in [0.25, 0.3) is 11.1 Å². The predicted molar refractivity (Wildman–Crippen MR) is 137 cm³/mol. The van der Waals surface area contributed by atoms with E-state index in [0.29, 0.717) is 14.9 Å². The molecule has 2 aromatic heterocycles. The van der Waals surface area contributed by atoms with Gasteiger partial charge in [-0.2, -0.15) is 9.27 Å². The molecule has 170 valence electrons. The lowest BCUT2D eigenvalue weighted by atomic mass is 10.1. The summed E-state index contributed by atoms with van der Waals surface area (Å²) in [6.07, 6.45) is 3.50. The van der Waals surface area contributed by atoms with Crippen molar-refractivity contribution in [3.05, 3.63) is 64.5 Å². The number of anilines is 2. The van der Waals surface area contributed by atoms with Gasteiger partial charge >= 0.3 is 11.4 Å². The maximum Gasteiger partial charge on any atom is 0.306 e. The van der Waals surface area contributed by atoms with Gasteiger partial charge in [-0.25, -0.2) is 4.98 Å². The Bertz CT molecular complexity index is 1020. The van der Waals surface area contributed by atoms with Crippen LogP contribution < -0.4 is 14.9 Å². The third-order valence-corrected chi connectivity index (χ3v) is 6.99. The van der Waals surface area contributed by atoms with Crippen molar-refractivity contribution < 1.29 is 4.55 Å². The van der Waals surface area contributed by atoms with E-state index in [4.69, 9.17) is 23.2 Å². The number of aromatic nitrogens is 2. The van der Waals surface area contributed by atoms with Crippen molar-refractivity contribution in [3.8, 4) is 11.1 Å². The molecule has 0 saturated carbocycles. The molecule has 6 nitrogen and oxygen atoms in total. The minimum atomic E-state index is -1.37. The minimum absolute atomic E-state index is 0.401. The summed E-state index contributed by atoms with van der Waals surface area (Å²) in [5.41, 5.74) is 3.37. The molecule has 3 heterocycles. The Morgan fingerprint density at radius 3 is 2.34 bits per heavy atom. The van der Waals surface area contributed by atoms with E-state index in [-0.39, 0.29) is 0 Å². The largest absolute Gasteiger partial charge is 0.354 e. The van der Waals surface area contributed by atoms with Gasteiger partial charge in [-0.15, -0.1) is 0 Å². The van der Waals surface area contributed by atoms with Crippen LogP contribution in [0.3, 0.4) is 0 Å². The van der Waals surface area contributed by atoms with E-state index in [9.17, 15) is 4.55 Å². The number of halogens is 2. The quantitative estimate of drug-likeness (QED) is 0.398. The lowest BCUT2D eigenvalue weighted by Crippen LogP contribution is -2.43. The Morgan fingerprint density at radius 1 is 1.00 bits per heavy atom. The number of pyridine rings is 2. The first-order valence-electron chi connectivity index (χ1n) is 10.6. The maximum absolute atomic E-state index is 10.7. The summed E-state index contributed by atoms with van der Waals surface area (Å²) in [4.78, 5) is 11.4. The van der Waals surface area contributed by atoms with E-state index in [1.807, 2.05) is 51.1 Å². The molecule has 0 aliphatic carbocycles. The monoisotopic (exact) mass is 492 g/mol. The second-order valence-corrected chi connectivity index (χ2v) is 8.93. The van der Waals surface area contributed by atoms with Gasteiger partial charge in [0.2, 0.25) is 0 Å². The van der Waals surface area contributed by atoms with Crippen molar-refractivity contribution in [3.63, 3.8) is 0 Å². The second-order valence-electron chi connectivity index (χ2n) is 6.93. The number of aryl methyl sites for hydroxylation is 1. The average Bonchev–Trinajstić information content (AvgIpc) is 2.82. The third kappa shape index (κ3) is 5.85. The van der Waals surface area contributed by atoms with Gasteiger partial charge in [0.15, 0.2) is 0 Å². The molecule has 4 rings (SSSR count). The standard InChI is InChI=1S/C21H22Cl2N5OS.C2H6/c1-14-19(3-2-5-25-14)27-30(29)21-17(22)11-16(12-18(21)23)15-4-6-26-20(13-15)28-9-7-24-8-10-28;1-2/h2-6,11-13,24,27,29H,7-10H2,1H3;1-2H3/q+1;. The van der Waals surface area contributed by atoms with E-state index in [2.05, 4.69) is 24.9 Å². The van der Waals surface area contributed by atoms with Crippen LogP contribution in [0.5, 0.6) is 0 Å². The first kappa shape index (κ1) is 24.6. The Balaban J connectivity index is 0.00000141. The van der Waals surface area contributed by atoms with Crippen LogP contribution in [-0.4, -0.2) is 40.7 Å². The molecule has 3 N–H and O–H groups in total. The fourth-order valence-corrected chi connectivity index (χ4v) is 5.26. The lowest BCUT2D eigenvalue weighted by molar-refractivity contribution is 0.585. The molecule has 1 atom stereocenters. The van der Waals surface area contributed by atoms with Crippen molar-refractivity contribution in [2.75, 3.05) is 35.8 Å². The van der Waals surface area contributed by atoms with Crippen molar-refractivity contribution in [1.29, 1.82) is 0 Å². The van der Waals surface area contributed by atoms with Crippen LogP contribution in [0.4, 0.5) is 11.5 Å². The van der Waals surface area contributed by atoms with Crippen LogP contribution in [0.2, 0.25) is 10.0 Å². The highest BCUT2D eigenvalue weighted by Crippen LogP contribution is 2.36. The van der Waals surface area contributed by atoms with Gasteiger partial charge in [0.1, 0.15) is 21.6 Å². The summed E-state index contributed by atoms with van der Waals surface area (Å²) in [6.45, 7) is 9.60. The summed E-state index contributed by atoms with van der Waals surface area (Å²) in [6, 6.07) is 11.3. The first-order valence-corrected chi connectivity index (χ1v) is 12.5. The van der Waals surface area contributed by atoms with Crippen molar-refractivity contribution in [1.82, 2.24) is 15.3 Å². The SMILES string of the molecule is CC.Cc1ncccc1N[S+](O)c1c(Cl)cc(-c2ccnc(N3CCNCC3)c2)cc1Cl. The fourth-order valence-electron chi connectivity index (χ4n) is 3.32. The molecule has 3 aromatic rings. The van der Waals surface area contributed by atoms with E-state index < -0.39 is 11.4 Å². The molecule has 0 spiro atoms. The number of hydrogen-bond donors (Lipinski definition) is 3. The molecule has 0 amide bonds. The van der Waals surface area contributed by atoms with Gasteiger partial charge in [0.05, 0.1) is 5.69 Å². The predicted octanol–water partition coefficient (Wildman–Crippen LogP) is 5.67. The molecule has 1 unspecified atom stereocenters. The Labute approximate surface area is 202 Å². The lowest BCUT2D eigenvalue weighted by Gasteiger charge is -2.28. The molecule has 9 heteroatoms. The van der Waals surface area contributed by atoms with Gasteiger partial charge < -0.3 is 10.2 Å². The normalized spacial score (nSPS) is 14.4. The Hall–Kier alpha value is -2.03. The smallest absolute Gasteiger partial charge is 0.306 e. The van der Waals surface area contributed by atoms with Crippen molar-refractivity contribution in [2.24, 2.45) is 0 Å². The highest BCUT2D eigenvalue weighted by atomic mass is 35.5. The molecule has 1 fully saturated rings. The molecular weight excluding hydrogens is 465 g/mol. The van der Waals surface area contributed by atoms with Gasteiger partial charge in [-0.3, -0.25) is 4.98 Å². The molecule has 0 radical (unpaired) electrons. The Kier molecular flexibility index (Phi) is 9.02. The number of rotatable bonds is 5. The van der Waals surface area contributed by atoms with Gasteiger partial charge in [0, 0.05) is 38.6 Å². The fraction of sp³-hybridized carbons (Fsp3) is 0.304. The van der Waals surface area contributed by atoms with Gasteiger partial charge in [-0.05, 0) is 54.4 Å². The average molecular weight is 493 g/mol. The Morgan fingerprint density at radius 2 is 1.69 bits per heavy atom. The minimum Gasteiger partial charge on any atom is -0.354 e. The number of nitrogens with zero attached hydrogens (tertiary/aromatic N) is 3. The molecule has 1 saturated heterocycles. The second kappa shape index (κ2) is 11.7.